The third-order valence-corrected chi connectivity index (χ3v) is 4.58. The van der Waals surface area contributed by atoms with Crippen LogP contribution < -0.4 is 0 Å². The van der Waals surface area contributed by atoms with Crippen molar-refractivity contribution in [2.45, 2.75) is 112 Å². The molecule has 0 aromatic rings. The normalized spacial score (nSPS) is 11.4. The molecule has 2 saturated carbocycles. The summed E-state index contributed by atoms with van der Waals surface area (Å²) >= 11 is 6.70. The minimum Gasteiger partial charge on any atom is -0.469 e. The summed E-state index contributed by atoms with van der Waals surface area (Å²) in [4.78, 5) is 41.2. The Balaban J connectivity index is -0.0000000546. The molecule has 0 aliphatic heterocycles. The van der Waals surface area contributed by atoms with Crippen LogP contribution in [0.4, 0.5) is 0 Å². The second-order valence-electron chi connectivity index (χ2n) is 7.67. The van der Waals surface area contributed by atoms with Crippen LogP contribution in [0.2, 0.25) is 0 Å². The standard InChI is InChI=1S/2C6H12.C4H8O3.C4H8O2.2C3H6O2.CH2I2.CH3I.CH4O.CH4/c2*1-2-4-6-5-3-1;1-6-3-4(5)7-2;1-3-4(5)6-2;2*1-3(4)5-2;2-1-3;2*1-2;/h2*1-6H2;3H2,1-2H3;3H2,1-2H3;2*1-2H3;1H2;1H3;2H,1H3;1H4. The predicted octanol–water partition coefficient (Wildman–Crippen LogP) is 8.52. The van der Waals surface area contributed by atoms with Gasteiger partial charge in [0.1, 0.15) is 6.61 Å². The Morgan fingerprint density at radius 1 is 0.558 bits per heavy atom. The van der Waals surface area contributed by atoms with Gasteiger partial charge in [-0.1, -0.05) is 159 Å². The Hall–Kier alpha value is -0.0100. The fraction of sp³-hybridized carbons (Fsp3) is 0.867. The lowest BCUT2D eigenvalue weighted by molar-refractivity contribution is -0.145. The van der Waals surface area contributed by atoms with E-state index >= 15 is 0 Å². The number of rotatable bonds is 3. The number of aliphatic hydroxyl groups excluding tert-OH is 1. The highest BCUT2D eigenvalue weighted by Gasteiger charge is 1.96. The first-order chi connectivity index (χ1) is 20.1. The lowest BCUT2D eigenvalue weighted by Crippen LogP contribution is -2.07. The number of methoxy groups -OCH3 is 5. The van der Waals surface area contributed by atoms with E-state index in [4.69, 9.17) is 5.11 Å². The summed E-state index contributed by atoms with van der Waals surface area (Å²) in [6.07, 6.45) is 18.5. The Kier molecular flexibility index (Phi) is 99.3. The number of hydrogen-bond donors (Lipinski definition) is 1. The summed E-state index contributed by atoms with van der Waals surface area (Å²) in [5, 5.41) is 7.00. The van der Waals surface area contributed by atoms with Crippen LogP contribution in [0.3, 0.4) is 0 Å². The van der Waals surface area contributed by atoms with Gasteiger partial charge in [0.15, 0.2) is 0 Å². The van der Waals surface area contributed by atoms with Crippen LogP contribution in [-0.4, -0.2) is 85.6 Å². The van der Waals surface area contributed by atoms with Gasteiger partial charge in [-0.05, 0) is 4.93 Å². The van der Waals surface area contributed by atoms with Gasteiger partial charge in [0.25, 0.3) is 0 Å². The minimum atomic E-state index is -0.345. The molecule has 0 heterocycles. The van der Waals surface area contributed by atoms with Crippen molar-refractivity contribution in [2.24, 2.45) is 0 Å². The van der Waals surface area contributed by atoms with E-state index in [-0.39, 0.29) is 37.9 Å². The third-order valence-electron chi connectivity index (χ3n) is 4.58. The lowest BCUT2D eigenvalue weighted by atomic mass is 10.0. The van der Waals surface area contributed by atoms with Crippen molar-refractivity contribution in [1.29, 1.82) is 0 Å². The zero-order valence-corrected chi connectivity index (χ0v) is 34.3. The number of alkyl halides is 3. The maximum atomic E-state index is 10.1. The summed E-state index contributed by atoms with van der Waals surface area (Å²) in [6, 6.07) is 0. The highest BCUT2D eigenvalue weighted by atomic mass is 127. The number of carbonyl (C=O) groups excluding carboxylic acids is 4. The van der Waals surface area contributed by atoms with Crippen LogP contribution in [0.1, 0.15) is 112 Å². The summed E-state index contributed by atoms with van der Waals surface area (Å²) in [5.41, 5.74) is 0. The van der Waals surface area contributed by atoms with Crippen molar-refractivity contribution >= 4 is 91.6 Å². The van der Waals surface area contributed by atoms with Gasteiger partial charge in [-0.15, -0.1) is 0 Å². The Bertz CT molecular complexity index is 450. The van der Waals surface area contributed by atoms with Gasteiger partial charge in [0, 0.05) is 34.5 Å². The van der Waals surface area contributed by atoms with Gasteiger partial charge in [-0.2, -0.15) is 0 Å². The molecule has 0 saturated heterocycles. The van der Waals surface area contributed by atoms with Crippen molar-refractivity contribution in [3.63, 3.8) is 0 Å². The average molecular weight is 967 g/mol. The Morgan fingerprint density at radius 3 is 0.791 bits per heavy atom. The number of aliphatic hydroxyl groups is 1. The number of halogens is 3. The molecule has 0 aromatic carbocycles. The quantitative estimate of drug-likeness (QED) is 0.127. The van der Waals surface area contributed by atoms with Gasteiger partial charge >= 0.3 is 23.9 Å². The maximum absolute atomic E-state index is 10.1. The average Bonchev–Trinajstić information content (AvgIpc) is 3.06. The molecule has 2 fully saturated rings. The van der Waals surface area contributed by atoms with Crippen LogP contribution >= 0.6 is 67.8 Å². The molecule has 2 aliphatic rings. The number of ether oxygens (including phenoxy) is 5. The van der Waals surface area contributed by atoms with E-state index in [2.05, 4.69) is 91.5 Å². The molecule has 0 atom stereocenters. The van der Waals surface area contributed by atoms with Crippen molar-refractivity contribution in [2.75, 3.05) is 56.6 Å². The molecule has 10 nitrogen and oxygen atoms in total. The monoisotopic (exact) mass is 966 g/mol. The first-order valence-electron chi connectivity index (χ1n) is 13.7. The van der Waals surface area contributed by atoms with E-state index in [0.717, 1.165) is 7.11 Å². The topological polar surface area (TPSA) is 135 Å². The molecule has 0 amide bonds. The van der Waals surface area contributed by atoms with E-state index in [0.29, 0.717) is 6.42 Å². The minimum absolute atomic E-state index is 0. The molecule has 43 heavy (non-hydrogen) atoms. The first-order valence-corrected chi connectivity index (χ1v) is 18.9. The summed E-state index contributed by atoms with van der Waals surface area (Å²) < 4.78 is 22.3. The van der Waals surface area contributed by atoms with Crippen LogP contribution in [0, 0.1) is 0 Å². The van der Waals surface area contributed by atoms with E-state index in [1.54, 1.807) is 6.92 Å². The zero-order valence-electron chi connectivity index (χ0n) is 27.9. The molecule has 2 rings (SSSR count). The van der Waals surface area contributed by atoms with E-state index in [9.17, 15) is 19.2 Å². The molecule has 0 aromatic heterocycles. The van der Waals surface area contributed by atoms with Gasteiger partial charge in [0.2, 0.25) is 0 Å². The Labute approximate surface area is 305 Å². The van der Waals surface area contributed by atoms with E-state index < -0.39 is 0 Å². The smallest absolute Gasteiger partial charge is 0.331 e. The van der Waals surface area contributed by atoms with Crippen molar-refractivity contribution in [3.8, 4) is 0 Å². The van der Waals surface area contributed by atoms with Crippen LogP contribution in [0.5, 0.6) is 0 Å². The van der Waals surface area contributed by atoms with E-state index in [1.165, 1.54) is 129 Å². The van der Waals surface area contributed by atoms with Crippen LogP contribution in [0.15, 0.2) is 0 Å². The van der Waals surface area contributed by atoms with Gasteiger partial charge in [-0.25, -0.2) is 4.79 Å². The molecule has 1 N–H and O–H groups in total. The maximum Gasteiger partial charge on any atom is 0.331 e. The second-order valence-corrected chi connectivity index (χ2v) is 12.1. The molecular formula is C30H65I3O10. The summed E-state index contributed by atoms with van der Waals surface area (Å²) in [6.45, 7) is 4.52. The summed E-state index contributed by atoms with van der Waals surface area (Å²) in [5.74, 6) is -0.993. The molecule has 0 bridgehead atoms. The first kappa shape index (κ1) is 61.9. The van der Waals surface area contributed by atoms with Gasteiger partial charge in [0.05, 0.1) is 30.9 Å². The molecule has 0 spiro atoms. The summed E-state index contributed by atoms with van der Waals surface area (Å²) in [7, 11) is 7.84. The van der Waals surface area contributed by atoms with Crippen LogP contribution in [0.25, 0.3) is 0 Å². The van der Waals surface area contributed by atoms with Gasteiger partial charge < -0.3 is 28.8 Å². The number of esters is 4. The van der Waals surface area contributed by atoms with Crippen molar-refractivity contribution < 1.29 is 48.0 Å². The SMILES string of the molecule is C.C1CCCCC1.C1CCCCC1.CCC(=O)OC.CI.CO.COC(C)=O.COC(C)=O.COCC(=O)OC.ICI. The fourth-order valence-electron chi connectivity index (χ4n) is 2.44. The fourth-order valence-corrected chi connectivity index (χ4v) is 2.44. The zero-order chi connectivity index (χ0) is 34.5. The largest absolute Gasteiger partial charge is 0.469 e. The number of hydrogen-bond acceptors (Lipinski definition) is 10. The molecule has 0 unspecified atom stereocenters. The van der Waals surface area contributed by atoms with Crippen LogP contribution in [-0.2, 0) is 42.9 Å². The highest BCUT2D eigenvalue weighted by Crippen LogP contribution is 2.15. The van der Waals surface area contributed by atoms with Crippen molar-refractivity contribution in [3.05, 3.63) is 0 Å². The van der Waals surface area contributed by atoms with Gasteiger partial charge in [-0.3, -0.25) is 14.4 Å². The highest BCUT2D eigenvalue weighted by molar-refractivity contribution is 14.2. The molecule has 13 heteroatoms. The van der Waals surface area contributed by atoms with Crippen molar-refractivity contribution in [1.82, 2.24) is 0 Å². The molecular weight excluding hydrogens is 901 g/mol. The third kappa shape index (κ3) is 108. The Morgan fingerprint density at radius 2 is 0.744 bits per heavy atom. The number of carbonyl (C=O) groups is 4. The molecule has 2 aliphatic carbocycles. The molecule has 266 valence electrons. The van der Waals surface area contributed by atoms with E-state index in [1.807, 2.05) is 4.93 Å². The predicted molar refractivity (Wildman–Crippen MR) is 205 cm³/mol. The lowest BCUT2D eigenvalue weighted by Gasteiger charge is -2.05. The molecule has 0 radical (unpaired) electrons. The second kappa shape index (κ2) is 68.9.